The van der Waals surface area contributed by atoms with E-state index in [1.54, 1.807) is 0 Å². The van der Waals surface area contributed by atoms with Crippen molar-refractivity contribution in [2.45, 2.75) is 38.5 Å². The molecule has 236 valence electrons. The van der Waals surface area contributed by atoms with Crippen LogP contribution in [0.3, 0.4) is 0 Å². The van der Waals surface area contributed by atoms with Crippen LogP contribution in [-0.2, 0) is 10.8 Å². The zero-order valence-electron chi connectivity index (χ0n) is 28.6. The predicted molar refractivity (Wildman–Crippen MR) is 211 cm³/mol. The molecule has 50 heavy (non-hydrogen) atoms. The maximum atomic E-state index is 2.62. The summed E-state index contributed by atoms with van der Waals surface area (Å²) in [5.74, 6) is 0. The molecule has 2 heteroatoms. The molecular formula is C48H34N2. The van der Waals surface area contributed by atoms with Crippen LogP contribution in [0.1, 0.15) is 49.9 Å². The molecule has 0 saturated heterocycles. The van der Waals surface area contributed by atoms with E-state index in [-0.39, 0.29) is 10.8 Å². The highest BCUT2D eigenvalue weighted by molar-refractivity contribution is 6.36. The van der Waals surface area contributed by atoms with Gasteiger partial charge in [0, 0.05) is 48.8 Å². The van der Waals surface area contributed by atoms with Crippen LogP contribution >= 0.6 is 0 Å². The van der Waals surface area contributed by atoms with Crippen molar-refractivity contribution in [3.05, 3.63) is 156 Å². The molecule has 3 heterocycles. The van der Waals surface area contributed by atoms with Crippen LogP contribution < -0.4 is 0 Å². The van der Waals surface area contributed by atoms with E-state index in [9.17, 15) is 0 Å². The van der Waals surface area contributed by atoms with Crippen LogP contribution in [0.2, 0.25) is 0 Å². The van der Waals surface area contributed by atoms with Gasteiger partial charge in [0.25, 0.3) is 0 Å². The van der Waals surface area contributed by atoms with Crippen LogP contribution in [-0.4, -0.2) is 8.97 Å². The Morgan fingerprint density at radius 3 is 1.62 bits per heavy atom. The summed E-state index contributed by atoms with van der Waals surface area (Å²) >= 11 is 0. The van der Waals surface area contributed by atoms with Gasteiger partial charge in [-0.1, -0.05) is 113 Å². The summed E-state index contributed by atoms with van der Waals surface area (Å²) < 4.78 is 5.11. The molecule has 10 aromatic rings. The molecule has 7 aromatic carbocycles. The minimum atomic E-state index is -0.0819. The number of aromatic nitrogens is 2. The van der Waals surface area contributed by atoms with Crippen molar-refractivity contribution in [1.29, 1.82) is 0 Å². The van der Waals surface area contributed by atoms with Crippen LogP contribution in [0.15, 0.2) is 133 Å². The molecule has 2 nitrogen and oxygen atoms in total. The molecule has 0 saturated carbocycles. The van der Waals surface area contributed by atoms with Gasteiger partial charge in [0.2, 0.25) is 0 Å². The quantitative estimate of drug-likeness (QED) is 0.169. The van der Waals surface area contributed by atoms with E-state index in [2.05, 4.69) is 170 Å². The average molecular weight is 639 g/mol. The monoisotopic (exact) mass is 638 g/mol. The first-order valence-electron chi connectivity index (χ1n) is 17.9. The lowest BCUT2D eigenvalue weighted by Gasteiger charge is -2.21. The third kappa shape index (κ3) is 2.96. The Labute approximate surface area is 290 Å². The molecule has 0 amide bonds. The largest absolute Gasteiger partial charge is 0.309 e. The molecule has 12 rings (SSSR count). The number of nitrogens with zero attached hydrogens (tertiary/aromatic N) is 2. The van der Waals surface area contributed by atoms with Crippen LogP contribution in [0.25, 0.3) is 87.8 Å². The van der Waals surface area contributed by atoms with Crippen LogP contribution in [0.5, 0.6) is 0 Å². The van der Waals surface area contributed by atoms with Gasteiger partial charge in [-0.15, -0.1) is 0 Å². The molecule has 0 fully saturated rings. The Morgan fingerprint density at radius 1 is 0.380 bits per heavy atom. The van der Waals surface area contributed by atoms with E-state index in [4.69, 9.17) is 0 Å². The Balaban J connectivity index is 1.35. The maximum Gasteiger partial charge on any atom is 0.0628 e. The molecule has 0 radical (unpaired) electrons. The standard InChI is InChI=1S/C48H34N2/c1-47(2)36-19-11-8-16-28(36)31-24-41-33(22-38(31)47)34-26-43-44(30-18-10-13-21-40(30)49(43)27-14-6-5-7-15-27)45-35-23-39-32(25-42(35)50(41)46(34)45)29-17-9-12-20-37(29)48(39,3)4/h5-26H,1-4H3. The fourth-order valence-electron chi connectivity index (χ4n) is 10.3. The predicted octanol–water partition coefficient (Wildman–Crippen LogP) is 12.5. The van der Waals surface area contributed by atoms with Gasteiger partial charge in [-0.2, -0.15) is 0 Å². The first-order valence-corrected chi connectivity index (χ1v) is 17.9. The van der Waals surface area contributed by atoms with E-state index in [1.807, 2.05) is 0 Å². The van der Waals surface area contributed by atoms with Crippen LogP contribution in [0.4, 0.5) is 0 Å². The zero-order chi connectivity index (χ0) is 33.3. The van der Waals surface area contributed by atoms with E-state index >= 15 is 0 Å². The topological polar surface area (TPSA) is 9.34 Å². The van der Waals surface area contributed by atoms with Crippen molar-refractivity contribution < 1.29 is 0 Å². The number of para-hydroxylation sites is 2. The molecule has 0 aliphatic heterocycles. The van der Waals surface area contributed by atoms with Gasteiger partial charge in [-0.3, -0.25) is 0 Å². The molecule has 0 bridgehead atoms. The van der Waals surface area contributed by atoms with Crippen molar-refractivity contribution in [2.75, 3.05) is 0 Å². The third-order valence-corrected chi connectivity index (χ3v) is 12.6. The number of benzene rings is 7. The summed E-state index contributed by atoms with van der Waals surface area (Å²) in [6.45, 7) is 9.58. The second-order valence-electron chi connectivity index (χ2n) is 15.7. The Bertz CT molecular complexity index is 3130. The molecule has 2 aliphatic rings. The second-order valence-corrected chi connectivity index (χ2v) is 15.7. The lowest BCUT2D eigenvalue weighted by Crippen LogP contribution is -2.14. The van der Waals surface area contributed by atoms with E-state index in [0.29, 0.717) is 0 Å². The lowest BCUT2D eigenvalue weighted by atomic mass is 9.82. The van der Waals surface area contributed by atoms with Gasteiger partial charge >= 0.3 is 0 Å². The maximum absolute atomic E-state index is 2.62. The van der Waals surface area contributed by atoms with Gasteiger partial charge in [0.15, 0.2) is 0 Å². The van der Waals surface area contributed by atoms with Crippen molar-refractivity contribution >= 4 is 59.9 Å². The Hall–Kier alpha value is -5.86. The molecule has 0 atom stereocenters. The van der Waals surface area contributed by atoms with Gasteiger partial charge in [0.05, 0.1) is 27.6 Å². The second kappa shape index (κ2) is 8.64. The average Bonchev–Trinajstić information content (AvgIpc) is 3.87. The summed E-state index contributed by atoms with van der Waals surface area (Å²) in [5.41, 5.74) is 18.6. The third-order valence-electron chi connectivity index (χ3n) is 12.6. The minimum Gasteiger partial charge on any atom is -0.309 e. The van der Waals surface area contributed by atoms with Crippen molar-refractivity contribution in [1.82, 2.24) is 8.97 Å². The molecule has 3 aromatic heterocycles. The SMILES string of the molecule is CC1(C)c2ccccc2-c2cc3c(cc21)c1cc2c(c4ccccc4n2-c2ccccc2)c2c4cc5c(cc4n3c12)-c1ccccc1C5(C)C. The molecule has 0 N–H and O–H groups in total. The van der Waals surface area contributed by atoms with E-state index < -0.39 is 0 Å². The van der Waals surface area contributed by atoms with Crippen molar-refractivity contribution in [3.63, 3.8) is 0 Å². The zero-order valence-corrected chi connectivity index (χ0v) is 28.6. The first kappa shape index (κ1) is 27.0. The van der Waals surface area contributed by atoms with Crippen molar-refractivity contribution in [3.8, 4) is 27.9 Å². The van der Waals surface area contributed by atoms with E-state index in [1.165, 1.54) is 110 Å². The number of hydrogen-bond donors (Lipinski definition) is 0. The van der Waals surface area contributed by atoms with Crippen molar-refractivity contribution in [2.24, 2.45) is 0 Å². The summed E-state index contributed by atoms with van der Waals surface area (Å²) in [7, 11) is 0. The summed E-state index contributed by atoms with van der Waals surface area (Å²) in [5, 5.41) is 8.01. The molecule has 0 unspecified atom stereocenters. The first-order chi connectivity index (χ1) is 24.3. The number of hydrogen-bond acceptors (Lipinski definition) is 0. The smallest absolute Gasteiger partial charge is 0.0628 e. The molecule has 0 spiro atoms. The summed E-state index contributed by atoms with van der Waals surface area (Å²) in [6, 6.07) is 50.6. The van der Waals surface area contributed by atoms with Gasteiger partial charge in [-0.05, 0) is 93.0 Å². The number of rotatable bonds is 1. The highest BCUT2D eigenvalue weighted by atomic mass is 15.0. The lowest BCUT2D eigenvalue weighted by molar-refractivity contribution is 0.661. The summed E-state index contributed by atoms with van der Waals surface area (Å²) in [4.78, 5) is 0. The number of fused-ring (bicyclic) bond motifs is 16. The van der Waals surface area contributed by atoms with Crippen LogP contribution in [0, 0.1) is 0 Å². The molecular weight excluding hydrogens is 605 g/mol. The van der Waals surface area contributed by atoms with E-state index in [0.717, 1.165) is 0 Å². The van der Waals surface area contributed by atoms with Gasteiger partial charge in [-0.25, -0.2) is 0 Å². The van der Waals surface area contributed by atoms with Gasteiger partial charge < -0.3 is 8.97 Å². The van der Waals surface area contributed by atoms with Gasteiger partial charge in [0.1, 0.15) is 0 Å². The highest BCUT2D eigenvalue weighted by Crippen LogP contribution is 2.55. The summed E-state index contributed by atoms with van der Waals surface area (Å²) in [6.07, 6.45) is 0. The fraction of sp³-hybridized carbons (Fsp3) is 0.125. The minimum absolute atomic E-state index is 0.0709. The normalized spacial score (nSPS) is 15.5. The Morgan fingerprint density at radius 2 is 0.940 bits per heavy atom. The Kier molecular flexibility index (Phi) is 4.67. The highest BCUT2D eigenvalue weighted by Gasteiger charge is 2.38. The molecule has 2 aliphatic carbocycles. The fourth-order valence-corrected chi connectivity index (χ4v) is 10.3.